The average molecular weight is 1100 g/mol. The summed E-state index contributed by atoms with van der Waals surface area (Å²) in [7, 11) is 10.3. The molecule has 0 aliphatic heterocycles. The van der Waals surface area contributed by atoms with Gasteiger partial charge in [-0.25, -0.2) is 14.5 Å². The number of aromatic nitrogens is 11. The normalized spacial score (nSPS) is 10.5. The monoisotopic (exact) mass is 1100 g/mol. The van der Waals surface area contributed by atoms with E-state index in [0.29, 0.717) is 12.5 Å². The van der Waals surface area contributed by atoms with Crippen molar-refractivity contribution in [1.82, 2.24) is 48.8 Å². The number of hydrogen-bond donors (Lipinski definition) is 0. The quantitative estimate of drug-likeness (QED) is 0.0268. The van der Waals surface area contributed by atoms with E-state index >= 15 is 0 Å². The Kier molecular flexibility index (Phi) is 34.0. The molecule has 9 heterocycles. The minimum absolute atomic E-state index is 0.658. The Labute approximate surface area is 472 Å². The van der Waals surface area contributed by atoms with Gasteiger partial charge in [0.25, 0.3) is 0 Å². The molecule has 432 valence electrons. The van der Waals surface area contributed by atoms with Gasteiger partial charge in [-0.1, -0.05) is 41.6 Å². The van der Waals surface area contributed by atoms with Crippen molar-refractivity contribution in [2.45, 2.75) is 90.4 Å². The van der Waals surface area contributed by atoms with E-state index < -0.39 is 0 Å². The summed E-state index contributed by atoms with van der Waals surface area (Å²) < 4.78 is 42.0. The maximum absolute atomic E-state index is 11.2. The second-order valence-electron chi connectivity index (χ2n) is 18.1. The largest absolute Gasteiger partial charge is 0.619 e. The molecular weight excluding hydrogens is 1010 g/mol. The van der Waals surface area contributed by atoms with Crippen LogP contribution in [0, 0.1) is 12.1 Å². The third-order valence-electron chi connectivity index (χ3n) is 11.9. The van der Waals surface area contributed by atoms with Crippen LogP contribution in [-0.2, 0) is 60.5 Å². The number of hydrogen-bond acceptors (Lipinski definition) is 15. The lowest BCUT2D eigenvalue weighted by Crippen LogP contribution is -2.30. The van der Waals surface area contributed by atoms with E-state index in [1.165, 1.54) is 23.1 Å². The SMILES string of the molecule is COCCCCc1cccc[n+]1[O-].COCCCCc1ccccn1.COCCCOc1ccccn1.COCCCc1nc(C)n2ccccc12.COCCCc1nnc2ccccn12.COCCCc1nnn2ccccc12. The van der Waals surface area contributed by atoms with Crippen molar-refractivity contribution in [3.8, 4) is 5.88 Å². The summed E-state index contributed by atoms with van der Waals surface area (Å²) in [5.74, 6) is 2.73. The molecule has 0 aliphatic rings. The Morgan fingerprint density at radius 3 is 1.70 bits per heavy atom. The predicted molar refractivity (Wildman–Crippen MR) is 312 cm³/mol. The second kappa shape index (κ2) is 41.7. The van der Waals surface area contributed by atoms with E-state index in [0.717, 1.165) is 162 Å². The summed E-state index contributed by atoms with van der Waals surface area (Å²) in [5, 5.41) is 27.5. The highest BCUT2D eigenvalue weighted by molar-refractivity contribution is 5.53. The molecule has 0 saturated heterocycles. The van der Waals surface area contributed by atoms with E-state index in [2.05, 4.69) is 64.3 Å². The highest BCUT2D eigenvalue weighted by Gasteiger charge is 2.08. The molecule has 19 heteroatoms. The summed E-state index contributed by atoms with van der Waals surface area (Å²) in [6.07, 6.45) is 23.9. The number of imidazole rings is 1. The molecular formula is C61H85N11O8. The van der Waals surface area contributed by atoms with E-state index in [1.807, 2.05) is 115 Å². The molecule has 80 heavy (non-hydrogen) atoms. The highest BCUT2D eigenvalue weighted by atomic mass is 16.5. The van der Waals surface area contributed by atoms with Gasteiger partial charge >= 0.3 is 0 Å². The van der Waals surface area contributed by atoms with Crippen LogP contribution < -0.4 is 9.47 Å². The molecule has 0 atom stereocenters. The van der Waals surface area contributed by atoms with Crippen LogP contribution in [0.4, 0.5) is 0 Å². The Morgan fingerprint density at radius 1 is 0.463 bits per heavy atom. The molecule has 19 nitrogen and oxygen atoms in total. The van der Waals surface area contributed by atoms with Gasteiger partial charge in [-0.3, -0.25) is 9.38 Å². The number of methoxy groups -OCH3 is 6. The summed E-state index contributed by atoms with van der Waals surface area (Å²) in [4.78, 5) is 12.8. The van der Waals surface area contributed by atoms with Gasteiger partial charge in [0.05, 0.1) is 29.0 Å². The van der Waals surface area contributed by atoms with Gasteiger partial charge in [-0.15, -0.1) is 15.3 Å². The van der Waals surface area contributed by atoms with Crippen LogP contribution >= 0.6 is 0 Å². The zero-order chi connectivity index (χ0) is 57.1. The lowest BCUT2D eigenvalue weighted by atomic mass is 10.2. The lowest BCUT2D eigenvalue weighted by molar-refractivity contribution is -0.614. The van der Waals surface area contributed by atoms with Crippen LogP contribution in [0.25, 0.3) is 16.7 Å². The highest BCUT2D eigenvalue weighted by Crippen LogP contribution is 2.14. The fourth-order valence-corrected chi connectivity index (χ4v) is 7.85. The molecule has 0 aromatic carbocycles. The number of rotatable bonds is 27. The lowest BCUT2D eigenvalue weighted by Gasteiger charge is -2.03. The van der Waals surface area contributed by atoms with Gasteiger partial charge in [0.15, 0.2) is 17.5 Å². The van der Waals surface area contributed by atoms with Gasteiger partial charge in [-0.05, 0) is 126 Å². The number of fused-ring (bicyclic) bond motifs is 3. The Hall–Kier alpha value is -7.26. The molecule has 9 aromatic rings. The van der Waals surface area contributed by atoms with Crippen molar-refractivity contribution in [2.75, 3.05) is 88.9 Å². The molecule has 0 unspecified atom stereocenters. The molecule has 0 saturated carbocycles. The first-order chi connectivity index (χ1) is 39.4. The van der Waals surface area contributed by atoms with Crippen LogP contribution in [0.15, 0.2) is 146 Å². The molecule has 0 radical (unpaired) electrons. The van der Waals surface area contributed by atoms with E-state index in [1.54, 1.807) is 59.4 Å². The number of unbranched alkanes of at least 4 members (excludes halogenated alkanes) is 2. The van der Waals surface area contributed by atoms with Gasteiger partial charge in [0, 0.05) is 156 Å². The Morgan fingerprint density at radius 2 is 1.04 bits per heavy atom. The third kappa shape index (κ3) is 25.7. The van der Waals surface area contributed by atoms with Crippen LogP contribution in [-0.4, -0.2) is 138 Å². The zero-order valence-corrected chi connectivity index (χ0v) is 48.2. The van der Waals surface area contributed by atoms with Gasteiger partial charge < -0.3 is 42.8 Å². The molecule has 0 amide bonds. The van der Waals surface area contributed by atoms with Gasteiger partial charge in [0.1, 0.15) is 11.6 Å². The Bertz CT molecular complexity index is 2790. The van der Waals surface area contributed by atoms with Crippen molar-refractivity contribution in [3.63, 3.8) is 0 Å². The summed E-state index contributed by atoms with van der Waals surface area (Å²) in [5.41, 5.74) is 7.43. The average Bonchev–Trinajstić information content (AvgIpc) is 4.24. The Balaban J connectivity index is 0.000000207. The van der Waals surface area contributed by atoms with Crippen molar-refractivity contribution in [2.24, 2.45) is 0 Å². The van der Waals surface area contributed by atoms with E-state index in [4.69, 9.17) is 33.2 Å². The molecule has 9 aromatic heterocycles. The predicted octanol–water partition coefficient (Wildman–Crippen LogP) is 9.68. The van der Waals surface area contributed by atoms with Crippen LogP contribution in [0.5, 0.6) is 5.88 Å². The van der Waals surface area contributed by atoms with Crippen LogP contribution in [0.1, 0.15) is 85.8 Å². The van der Waals surface area contributed by atoms with Crippen LogP contribution in [0.3, 0.4) is 0 Å². The first kappa shape index (κ1) is 65.3. The number of nitrogens with zero attached hydrogens (tertiary/aromatic N) is 11. The minimum atomic E-state index is 0.658. The zero-order valence-electron chi connectivity index (χ0n) is 48.2. The van der Waals surface area contributed by atoms with E-state index in [-0.39, 0.29) is 0 Å². The second-order valence-corrected chi connectivity index (χ2v) is 18.1. The number of aryl methyl sites for hydroxylation is 6. The summed E-state index contributed by atoms with van der Waals surface area (Å²) >= 11 is 0. The molecule has 0 N–H and O–H groups in total. The first-order valence-electron chi connectivity index (χ1n) is 27.4. The van der Waals surface area contributed by atoms with E-state index in [9.17, 15) is 5.21 Å². The minimum Gasteiger partial charge on any atom is -0.619 e. The van der Waals surface area contributed by atoms with Crippen molar-refractivity contribution >= 4 is 16.7 Å². The smallest absolute Gasteiger partial charge is 0.213 e. The third-order valence-corrected chi connectivity index (χ3v) is 11.9. The number of ether oxygens (including phenoxy) is 7. The first-order valence-corrected chi connectivity index (χ1v) is 27.4. The topological polar surface area (TPSA) is 195 Å². The van der Waals surface area contributed by atoms with Gasteiger partial charge in [0.2, 0.25) is 5.88 Å². The van der Waals surface area contributed by atoms with Crippen molar-refractivity contribution < 1.29 is 37.9 Å². The summed E-state index contributed by atoms with van der Waals surface area (Å²) in [6.45, 7) is 7.38. The molecule has 0 bridgehead atoms. The molecule has 0 fully saturated rings. The van der Waals surface area contributed by atoms with Crippen LogP contribution in [0.2, 0.25) is 0 Å². The summed E-state index contributed by atoms with van der Waals surface area (Å²) in [6, 6.07) is 35.2. The fourth-order valence-electron chi connectivity index (χ4n) is 7.85. The van der Waals surface area contributed by atoms with Crippen molar-refractivity contribution in [3.05, 3.63) is 186 Å². The molecule has 9 rings (SSSR count). The maximum atomic E-state index is 11.2. The number of pyridine rings is 6. The maximum Gasteiger partial charge on any atom is 0.213 e. The molecule has 0 spiro atoms. The molecule has 0 aliphatic carbocycles. The van der Waals surface area contributed by atoms with Gasteiger partial charge in [-0.2, -0.15) is 4.73 Å². The fraction of sp³-hybridized carbons (Fsp3) is 0.443. The van der Waals surface area contributed by atoms with Crippen molar-refractivity contribution in [1.29, 1.82) is 0 Å². The standard InChI is InChI=1S/C12H16N2O.2C10H13N3O.C10H15NO2.C10H15NO.C9H13NO2/c1-10-13-11(6-5-9-15-2)12-7-3-4-8-14(10)12;1-14-8-4-5-9-10-6-2-3-7-13(10)12-11-9;1-14-8-4-6-10-12-11-9-5-2-3-7-13(9)10;1-13-9-5-3-7-10-6-2-4-8-11(10)12;1-12-9-5-3-7-10-6-2-4-8-11-10;1-11-7-4-8-12-9-5-2-3-6-10-9/h3-4,7-8H,5-6,9H2,1-2H3;2-3,6-7H,4-5,8H2,1H3;2-3,5,7H,4,6,8H2,1H3;2,4,6,8H,3,5,7,9H2,1H3;2,4,6,8H,3,5,7,9H2,1H3;2-3,5-6H,4,7-8H2,1H3.